The van der Waals surface area contributed by atoms with Crippen LogP contribution in [0.3, 0.4) is 0 Å². The molecule has 0 amide bonds. The Hall–Kier alpha value is -1.41. The Kier molecular flexibility index (Phi) is 5.12. The van der Waals surface area contributed by atoms with Gasteiger partial charge in [-0.2, -0.15) is 0 Å². The van der Waals surface area contributed by atoms with Gasteiger partial charge in [0.25, 0.3) is 0 Å². The van der Waals surface area contributed by atoms with Crippen molar-refractivity contribution in [3.63, 3.8) is 0 Å². The van der Waals surface area contributed by atoms with Crippen LogP contribution in [0, 0.1) is 5.41 Å². The molecule has 0 spiro atoms. The monoisotopic (exact) mass is 341 g/mol. The van der Waals surface area contributed by atoms with Crippen LogP contribution >= 0.6 is 0 Å². The summed E-state index contributed by atoms with van der Waals surface area (Å²) in [6, 6.07) is 15.5. The SMILES string of the molecule is [2H]C([2H])(c1cc(-c2ccccc2)ncc1[Si](CC)(CC)CC)C(C)(C)C. The fourth-order valence-electron chi connectivity index (χ4n) is 3.47. The van der Waals surface area contributed by atoms with Gasteiger partial charge in [-0.25, -0.2) is 0 Å². The molecule has 0 atom stereocenters. The Bertz CT molecular complexity index is 723. The number of nitrogens with zero attached hydrogens (tertiary/aromatic N) is 1. The van der Waals surface area contributed by atoms with E-state index in [2.05, 4.69) is 20.8 Å². The number of benzene rings is 1. The van der Waals surface area contributed by atoms with E-state index in [4.69, 9.17) is 7.73 Å². The Morgan fingerprint density at radius 2 is 1.58 bits per heavy atom. The van der Waals surface area contributed by atoms with Crippen molar-refractivity contribution >= 4 is 13.3 Å². The molecule has 2 rings (SSSR count). The van der Waals surface area contributed by atoms with Gasteiger partial charge in [-0.3, -0.25) is 4.98 Å². The van der Waals surface area contributed by atoms with Gasteiger partial charge >= 0.3 is 0 Å². The minimum absolute atomic E-state index is 0.480. The predicted molar refractivity (Wildman–Crippen MR) is 110 cm³/mol. The van der Waals surface area contributed by atoms with Gasteiger partial charge in [-0.15, -0.1) is 0 Å². The molecule has 1 aromatic carbocycles. The van der Waals surface area contributed by atoms with Gasteiger partial charge in [0, 0.05) is 14.5 Å². The van der Waals surface area contributed by atoms with Crippen molar-refractivity contribution in [2.24, 2.45) is 5.41 Å². The lowest BCUT2D eigenvalue weighted by molar-refractivity contribution is 0.412. The minimum Gasteiger partial charge on any atom is -0.256 e. The lowest BCUT2D eigenvalue weighted by Crippen LogP contribution is -2.48. The quantitative estimate of drug-likeness (QED) is 0.583. The van der Waals surface area contributed by atoms with E-state index in [9.17, 15) is 0 Å². The summed E-state index contributed by atoms with van der Waals surface area (Å²) in [6.07, 6.45) is 0.594. The van der Waals surface area contributed by atoms with E-state index in [0.717, 1.165) is 35.0 Å². The van der Waals surface area contributed by atoms with Crippen molar-refractivity contribution in [2.75, 3.05) is 0 Å². The second-order valence-electron chi connectivity index (χ2n) is 7.70. The Morgan fingerprint density at radius 1 is 1.00 bits per heavy atom. The first-order valence-electron chi connectivity index (χ1n) is 10.2. The van der Waals surface area contributed by atoms with Gasteiger partial charge in [0.2, 0.25) is 0 Å². The number of hydrogen-bond acceptors (Lipinski definition) is 1. The van der Waals surface area contributed by atoms with Crippen LogP contribution in [0.4, 0.5) is 0 Å². The fraction of sp³-hybridized carbons (Fsp3) is 0.500. The van der Waals surface area contributed by atoms with Crippen LogP contribution in [0.25, 0.3) is 11.3 Å². The summed E-state index contributed by atoms with van der Waals surface area (Å²) in [5, 5.41) is 1.21. The molecule has 2 aromatic rings. The van der Waals surface area contributed by atoms with Gasteiger partial charge in [-0.1, -0.05) is 90.0 Å². The summed E-state index contributed by atoms with van der Waals surface area (Å²) in [6.45, 7) is 12.8. The van der Waals surface area contributed by atoms with E-state index < -0.39 is 19.9 Å². The van der Waals surface area contributed by atoms with Crippen molar-refractivity contribution < 1.29 is 2.74 Å². The minimum atomic E-state index is -1.75. The normalized spacial score (nSPS) is 14.2. The molecule has 1 aromatic heterocycles. The van der Waals surface area contributed by atoms with Crippen LogP contribution in [0.1, 0.15) is 49.8 Å². The maximum Gasteiger partial charge on any atom is 0.0883 e. The average Bonchev–Trinajstić information content (AvgIpc) is 2.63. The summed E-state index contributed by atoms with van der Waals surface area (Å²) in [5.41, 5.74) is 2.29. The molecule has 0 bridgehead atoms. The van der Waals surface area contributed by atoms with Crippen LogP contribution in [0.15, 0.2) is 42.6 Å². The van der Waals surface area contributed by atoms with Crippen LogP contribution in [-0.2, 0) is 6.37 Å². The smallest absolute Gasteiger partial charge is 0.0883 e. The Labute approximate surface area is 152 Å². The Morgan fingerprint density at radius 3 is 2.08 bits per heavy atom. The standard InChI is InChI=1S/C22H33NSi/c1-7-24(8-2,9-3)21-17-23-20(18-13-11-10-12-14-18)15-19(21)16-22(4,5)6/h10-15,17H,7-9,16H2,1-6H3/i16D2. The first kappa shape index (κ1) is 16.1. The van der Waals surface area contributed by atoms with Crippen molar-refractivity contribution in [1.29, 1.82) is 0 Å². The Balaban J connectivity index is 2.77. The first-order chi connectivity index (χ1) is 12.1. The zero-order valence-corrected chi connectivity index (χ0v) is 17.1. The summed E-state index contributed by atoms with van der Waals surface area (Å²) >= 11 is 0. The summed E-state index contributed by atoms with van der Waals surface area (Å²) in [5.74, 6) is 0. The fourth-order valence-corrected chi connectivity index (χ4v) is 7.16. The summed E-state index contributed by atoms with van der Waals surface area (Å²) in [7, 11) is -1.75. The van der Waals surface area contributed by atoms with Crippen molar-refractivity contribution in [3.8, 4) is 11.3 Å². The number of aromatic nitrogens is 1. The van der Waals surface area contributed by atoms with E-state index in [1.165, 1.54) is 5.19 Å². The molecule has 0 unspecified atom stereocenters. The third-order valence-corrected chi connectivity index (χ3v) is 10.7. The molecule has 0 radical (unpaired) electrons. The average molecular weight is 342 g/mol. The largest absolute Gasteiger partial charge is 0.256 e. The molecule has 0 aliphatic rings. The lowest BCUT2D eigenvalue weighted by Gasteiger charge is -2.32. The third kappa shape index (κ3) is 4.16. The topological polar surface area (TPSA) is 12.9 Å². The molecule has 0 aliphatic carbocycles. The van der Waals surface area contributed by atoms with E-state index in [-0.39, 0.29) is 0 Å². The molecular weight excluding hydrogens is 306 g/mol. The van der Waals surface area contributed by atoms with Gasteiger partial charge < -0.3 is 0 Å². The second kappa shape index (κ2) is 7.65. The third-order valence-electron chi connectivity index (χ3n) is 5.08. The van der Waals surface area contributed by atoms with Crippen molar-refractivity contribution in [3.05, 3.63) is 48.2 Å². The van der Waals surface area contributed by atoms with Gasteiger partial charge in [0.15, 0.2) is 0 Å². The maximum atomic E-state index is 8.99. The second-order valence-corrected chi connectivity index (χ2v) is 12.9. The van der Waals surface area contributed by atoms with Crippen LogP contribution in [0.2, 0.25) is 18.1 Å². The summed E-state index contributed by atoms with van der Waals surface area (Å²) < 4.78 is 18.0. The molecule has 0 saturated heterocycles. The van der Waals surface area contributed by atoms with E-state index in [1.54, 1.807) is 0 Å². The van der Waals surface area contributed by atoms with Crippen LogP contribution in [0.5, 0.6) is 0 Å². The van der Waals surface area contributed by atoms with Gasteiger partial charge in [0.1, 0.15) is 0 Å². The van der Waals surface area contributed by atoms with Crippen molar-refractivity contribution in [1.82, 2.24) is 4.98 Å². The molecule has 24 heavy (non-hydrogen) atoms. The molecule has 1 heterocycles. The number of hydrogen-bond donors (Lipinski definition) is 0. The van der Waals surface area contributed by atoms with E-state index in [0.29, 0.717) is 0 Å². The molecule has 2 heteroatoms. The van der Waals surface area contributed by atoms with Crippen LogP contribution < -0.4 is 5.19 Å². The summed E-state index contributed by atoms with van der Waals surface area (Å²) in [4.78, 5) is 4.78. The van der Waals surface area contributed by atoms with E-state index in [1.807, 2.05) is 63.4 Å². The highest BCUT2D eigenvalue weighted by Crippen LogP contribution is 2.28. The highest BCUT2D eigenvalue weighted by atomic mass is 28.3. The maximum absolute atomic E-state index is 8.99. The molecule has 0 N–H and O–H groups in total. The molecular formula is C22H33NSi. The predicted octanol–water partition coefficient (Wildman–Crippen LogP) is 6.05. The van der Waals surface area contributed by atoms with Gasteiger partial charge in [-0.05, 0) is 28.6 Å². The zero-order chi connectivity index (χ0) is 19.6. The van der Waals surface area contributed by atoms with Gasteiger partial charge in [0.05, 0.1) is 13.8 Å². The molecule has 0 fully saturated rings. The molecule has 0 saturated carbocycles. The van der Waals surface area contributed by atoms with E-state index >= 15 is 0 Å². The number of pyridine rings is 1. The molecule has 130 valence electrons. The first-order valence-corrected chi connectivity index (χ1v) is 11.8. The lowest BCUT2D eigenvalue weighted by atomic mass is 9.88. The highest BCUT2D eigenvalue weighted by Gasteiger charge is 2.32. The number of rotatable bonds is 6. The molecule has 1 nitrogen and oxygen atoms in total. The zero-order valence-electron chi connectivity index (χ0n) is 18.1. The highest BCUT2D eigenvalue weighted by molar-refractivity contribution is 6.92. The van der Waals surface area contributed by atoms with Crippen molar-refractivity contribution in [2.45, 2.75) is 66.0 Å². The molecule has 0 aliphatic heterocycles. The van der Waals surface area contributed by atoms with Crippen LogP contribution in [-0.4, -0.2) is 13.1 Å².